The molecule has 0 fully saturated rings. The molecule has 0 spiro atoms. The van der Waals surface area contributed by atoms with Gasteiger partial charge >= 0.3 is 5.63 Å². The second kappa shape index (κ2) is 3.16. The molecule has 0 aliphatic rings. The molecule has 1 heterocycles. The maximum absolute atomic E-state index is 10.9. The molecular formula is C10H8O4. The zero-order valence-electron chi connectivity index (χ0n) is 7.23. The Kier molecular flexibility index (Phi) is 1.98. The van der Waals surface area contributed by atoms with Crippen molar-refractivity contribution in [3.8, 4) is 5.75 Å². The number of fused-ring (bicyclic) bond motifs is 1. The summed E-state index contributed by atoms with van der Waals surface area (Å²) in [5, 5.41) is 19.0. The number of rotatable bonds is 1. The highest BCUT2D eigenvalue weighted by atomic mass is 16.4. The highest BCUT2D eigenvalue weighted by Gasteiger charge is 2.08. The molecule has 4 nitrogen and oxygen atoms in total. The molecule has 4 heteroatoms. The van der Waals surface area contributed by atoms with Crippen molar-refractivity contribution < 1.29 is 14.6 Å². The Morgan fingerprint density at radius 1 is 1.21 bits per heavy atom. The van der Waals surface area contributed by atoms with Crippen LogP contribution in [0.15, 0.2) is 33.5 Å². The summed E-state index contributed by atoms with van der Waals surface area (Å²) in [7, 11) is 0. The van der Waals surface area contributed by atoms with Crippen molar-refractivity contribution in [1.82, 2.24) is 0 Å². The van der Waals surface area contributed by atoms with Crippen molar-refractivity contribution in [2.24, 2.45) is 0 Å². The third-order valence-corrected chi connectivity index (χ3v) is 2.03. The zero-order valence-corrected chi connectivity index (χ0v) is 7.23. The van der Waals surface area contributed by atoms with Crippen molar-refractivity contribution in [3.63, 3.8) is 0 Å². The van der Waals surface area contributed by atoms with Gasteiger partial charge in [0.1, 0.15) is 11.3 Å². The van der Waals surface area contributed by atoms with Crippen molar-refractivity contribution in [1.29, 1.82) is 0 Å². The Labute approximate surface area is 79.0 Å². The fourth-order valence-electron chi connectivity index (χ4n) is 1.33. The van der Waals surface area contributed by atoms with Crippen LogP contribution < -0.4 is 5.63 Å². The van der Waals surface area contributed by atoms with Crippen LogP contribution in [0.5, 0.6) is 5.75 Å². The molecule has 0 aliphatic heterocycles. The average Bonchev–Trinajstić information content (AvgIpc) is 2.17. The van der Waals surface area contributed by atoms with E-state index < -0.39 is 5.63 Å². The lowest BCUT2D eigenvalue weighted by Crippen LogP contribution is -1.97. The minimum atomic E-state index is -0.502. The van der Waals surface area contributed by atoms with Gasteiger partial charge in [-0.2, -0.15) is 0 Å². The van der Waals surface area contributed by atoms with Gasteiger partial charge in [0.15, 0.2) is 0 Å². The number of aliphatic hydroxyl groups excluding tert-OH is 1. The average molecular weight is 192 g/mol. The Balaban J connectivity index is 2.91. The maximum atomic E-state index is 10.9. The molecule has 1 aromatic heterocycles. The highest BCUT2D eigenvalue weighted by Crippen LogP contribution is 2.25. The quantitative estimate of drug-likeness (QED) is 0.661. The SMILES string of the molecule is O=c1ccc2ccc(O)c(CO)c2o1. The van der Waals surface area contributed by atoms with E-state index in [2.05, 4.69) is 0 Å². The number of aliphatic hydroxyl groups is 1. The molecule has 2 rings (SSSR count). The second-order valence-electron chi connectivity index (χ2n) is 2.89. The first kappa shape index (κ1) is 8.77. The summed E-state index contributed by atoms with van der Waals surface area (Å²) in [5.41, 5.74) is -0.0296. The van der Waals surface area contributed by atoms with E-state index in [1.54, 1.807) is 12.1 Å². The molecule has 0 amide bonds. The predicted octanol–water partition coefficient (Wildman–Crippen LogP) is 0.991. The lowest BCUT2D eigenvalue weighted by atomic mass is 10.1. The summed E-state index contributed by atoms with van der Waals surface area (Å²) in [6.07, 6.45) is 0. The standard InChI is InChI=1S/C10H8O4/c11-5-7-8(12)3-1-6-2-4-9(13)14-10(6)7/h1-4,11-12H,5H2. The second-order valence-corrected chi connectivity index (χ2v) is 2.89. The lowest BCUT2D eigenvalue weighted by Gasteiger charge is -2.03. The van der Waals surface area contributed by atoms with E-state index in [1.165, 1.54) is 12.1 Å². The van der Waals surface area contributed by atoms with Gasteiger partial charge in [-0.05, 0) is 18.2 Å². The molecule has 14 heavy (non-hydrogen) atoms. The molecule has 72 valence electrons. The topological polar surface area (TPSA) is 70.7 Å². The predicted molar refractivity (Wildman–Crippen MR) is 50.1 cm³/mol. The van der Waals surface area contributed by atoms with Gasteiger partial charge in [0, 0.05) is 11.5 Å². The third-order valence-electron chi connectivity index (χ3n) is 2.03. The minimum Gasteiger partial charge on any atom is -0.507 e. The van der Waals surface area contributed by atoms with E-state index in [1.807, 2.05) is 0 Å². The largest absolute Gasteiger partial charge is 0.507 e. The van der Waals surface area contributed by atoms with E-state index in [9.17, 15) is 9.90 Å². The van der Waals surface area contributed by atoms with Crippen LogP contribution in [-0.2, 0) is 6.61 Å². The summed E-state index contributed by atoms with van der Waals surface area (Å²) < 4.78 is 4.89. The fourth-order valence-corrected chi connectivity index (χ4v) is 1.33. The first-order chi connectivity index (χ1) is 6.72. The minimum absolute atomic E-state index is 0.0747. The Bertz CT molecular complexity index is 527. The van der Waals surface area contributed by atoms with Gasteiger partial charge in [0.05, 0.1) is 12.2 Å². The maximum Gasteiger partial charge on any atom is 0.336 e. The van der Waals surface area contributed by atoms with Crippen LogP contribution in [0, 0.1) is 0 Å². The van der Waals surface area contributed by atoms with Gasteiger partial charge in [-0.15, -0.1) is 0 Å². The molecule has 0 unspecified atom stereocenters. The molecule has 0 saturated heterocycles. The zero-order chi connectivity index (χ0) is 10.1. The summed E-state index contributed by atoms with van der Waals surface area (Å²) in [6.45, 7) is -0.365. The van der Waals surface area contributed by atoms with Gasteiger partial charge < -0.3 is 14.6 Å². The fraction of sp³-hybridized carbons (Fsp3) is 0.100. The molecule has 2 aromatic rings. The van der Waals surface area contributed by atoms with Crippen LogP contribution in [0.1, 0.15) is 5.56 Å². The lowest BCUT2D eigenvalue weighted by molar-refractivity contribution is 0.275. The van der Waals surface area contributed by atoms with Gasteiger partial charge in [-0.1, -0.05) is 0 Å². The third kappa shape index (κ3) is 1.25. The van der Waals surface area contributed by atoms with E-state index in [4.69, 9.17) is 9.52 Å². The van der Waals surface area contributed by atoms with Gasteiger partial charge in [-0.3, -0.25) is 0 Å². The summed E-state index contributed by atoms with van der Waals surface area (Å²) >= 11 is 0. The van der Waals surface area contributed by atoms with Crippen LogP contribution in [0.3, 0.4) is 0 Å². The van der Waals surface area contributed by atoms with Crippen molar-refractivity contribution >= 4 is 11.0 Å². The Morgan fingerprint density at radius 2 is 1.93 bits per heavy atom. The van der Waals surface area contributed by atoms with Crippen LogP contribution >= 0.6 is 0 Å². The van der Waals surface area contributed by atoms with Crippen molar-refractivity contribution in [2.75, 3.05) is 0 Å². The Morgan fingerprint density at radius 3 is 2.64 bits per heavy atom. The van der Waals surface area contributed by atoms with E-state index in [0.29, 0.717) is 5.39 Å². The number of aromatic hydroxyl groups is 1. The van der Waals surface area contributed by atoms with Crippen molar-refractivity contribution in [2.45, 2.75) is 6.61 Å². The molecule has 0 radical (unpaired) electrons. The smallest absolute Gasteiger partial charge is 0.336 e. The molecule has 0 atom stereocenters. The number of hydrogen-bond donors (Lipinski definition) is 2. The molecular weight excluding hydrogens is 184 g/mol. The van der Waals surface area contributed by atoms with Gasteiger partial charge in [-0.25, -0.2) is 4.79 Å². The molecule has 0 bridgehead atoms. The van der Waals surface area contributed by atoms with Crippen molar-refractivity contribution in [3.05, 3.63) is 40.2 Å². The summed E-state index contributed by atoms with van der Waals surface area (Å²) in [4.78, 5) is 10.9. The summed E-state index contributed by atoms with van der Waals surface area (Å²) in [5.74, 6) is -0.0747. The molecule has 0 aliphatic carbocycles. The van der Waals surface area contributed by atoms with E-state index in [0.717, 1.165) is 0 Å². The highest BCUT2D eigenvalue weighted by molar-refractivity contribution is 5.81. The van der Waals surface area contributed by atoms with Crippen LogP contribution in [0.4, 0.5) is 0 Å². The van der Waals surface area contributed by atoms with Crippen LogP contribution in [-0.4, -0.2) is 10.2 Å². The van der Waals surface area contributed by atoms with Gasteiger partial charge in [0.25, 0.3) is 0 Å². The monoisotopic (exact) mass is 192 g/mol. The Hall–Kier alpha value is -1.81. The molecule has 0 saturated carbocycles. The number of benzene rings is 1. The van der Waals surface area contributed by atoms with Crippen LogP contribution in [0.25, 0.3) is 11.0 Å². The normalized spacial score (nSPS) is 10.6. The van der Waals surface area contributed by atoms with Crippen LogP contribution in [0.2, 0.25) is 0 Å². The first-order valence-electron chi connectivity index (χ1n) is 4.08. The number of phenols is 1. The van der Waals surface area contributed by atoms with E-state index >= 15 is 0 Å². The molecule has 2 N–H and O–H groups in total. The molecule has 1 aromatic carbocycles. The van der Waals surface area contributed by atoms with Gasteiger partial charge in [0.2, 0.25) is 0 Å². The number of hydrogen-bond acceptors (Lipinski definition) is 4. The summed E-state index contributed by atoms with van der Waals surface area (Å²) in [6, 6.07) is 5.95. The van der Waals surface area contributed by atoms with E-state index in [-0.39, 0.29) is 23.5 Å². The first-order valence-corrected chi connectivity index (χ1v) is 4.08.